The molecule has 0 unspecified atom stereocenters. The fourth-order valence-corrected chi connectivity index (χ4v) is 2.70. The molecule has 0 fully saturated rings. The minimum absolute atomic E-state index is 0.152. The van der Waals surface area contributed by atoms with E-state index >= 15 is 0 Å². The number of hydrazone groups is 1. The number of benzene rings is 3. The minimum Gasteiger partial charge on any atom is -0.484 e. The molecule has 0 spiro atoms. The van der Waals surface area contributed by atoms with Gasteiger partial charge in [0.05, 0.1) is 22.1 Å². The Morgan fingerprint density at radius 2 is 1.76 bits per heavy atom. The van der Waals surface area contributed by atoms with Crippen LogP contribution in [-0.4, -0.2) is 28.6 Å². The Labute approximate surface area is 187 Å². The van der Waals surface area contributed by atoms with Crippen molar-refractivity contribution in [3.8, 4) is 17.2 Å². The van der Waals surface area contributed by atoms with E-state index in [1.54, 1.807) is 30.3 Å². The standard InChI is InChI=1S/C22H18N4O7/c1-15-4-2-6-18(10-15)32-14-22(27)24-23-13-16-5-3-7-19(11-16)33-21-9-8-17(25(28)29)12-20(21)26(30)31/h2-13H,14H2,1H3,(H,24,27)/b23-13+. The highest BCUT2D eigenvalue weighted by Crippen LogP contribution is 2.34. The first-order chi connectivity index (χ1) is 15.8. The van der Waals surface area contributed by atoms with Crippen molar-refractivity contribution in [1.82, 2.24) is 5.43 Å². The summed E-state index contributed by atoms with van der Waals surface area (Å²) >= 11 is 0. The topological polar surface area (TPSA) is 146 Å². The molecule has 0 aromatic heterocycles. The van der Waals surface area contributed by atoms with Crippen LogP contribution in [0.25, 0.3) is 0 Å². The molecule has 3 aromatic rings. The van der Waals surface area contributed by atoms with Gasteiger partial charge in [0.1, 0.15) is 11.5 Å². The maximum Gasteiger partial charge on any atom is 0.318 e. The molecule has 0 aliphatic rings. The Balaban J connectivity index is 1.61. The van der Waals surface area contributed by atoms with Crippen molar-refractivity contribution < 1.29 is 24.1 Å². The largest absolute Gasteiger partial charge is 0.484 e. The van der Waals surface area contributed by atoms with Crippen molar-refractivity contribution in [2.75, 3.05) is 6.61 Å². The van der Waals surface area contributed by atoms with Gasteiger partial charge in [-0.25, -0.2) is 5.43 Å². The van der Waals surface area contributed by atoms with E-state index in [0.717, 1.165) is 23.8 Å². The number of carbonyl (C=O) groups is 1. The van der Waals surface area contributed by atoms with Gasteiger partial charge >= 0.3 is 5.69 Å². The Kier molecular flexibility index (Phi) is 7.27. The number of carbonyl (C=O) groups excluding carboxylic acids is 1. The molecule has 0 saturated heterocycles. The number of rotatable bonds is 9. The lowest BCUT2D eigenvalue weighted by Crippen LogP contribution is -2.24. The minimum atomic E-state index is -0.762. The van der Waals surface area contributed by atoms with Crippen LogP contribution in [0, 0.1) is 27.2 Å². The molecule has 0 bridgehead atoms. The molecule has 1 amide bonds. The van der Waals surface area contributed by atoms with Crippen LogP contribution in [0.1, 0.15) is 11.1 Å². The maximum atomic E-state index is 11.9. The van der Waals surface area contributed by atoms with Crippen LogP contribution in [0.15, 0.2) is 71.8 Å². The van der Waals surface area contributed by atoms with Crippen LogP contribution in [-0.2, 0) is 4.79 Å². The number of amides is 1. The zero-order valence-corrected chi connectivity index (χ0v) is 17.3. The molecule has 0 atom stereocenters. The highest BCUT2D eigenvalue weighted by molar-refractivity contribution is 5.83. The highest BCUT2D eigenvalue weighted by Gasteiger charge is 2.21. The lowest BCUT2D eigenvalue weighted by molar-refractivity contribution is -0.394. The maximum absolute atomic E-state index is 11.9. The van der Waals surface area contributed by atoms with E-state index in [0.29, 0.717) is 11.3 Å². The molecule has 0 radical (unpaired) electrons. The van der Waals surface area contributed by atoms with E-state index in [1.807, 2.05) is 19.1 Å². The fourth-order valence-electron chi connectivity index (χ4n) is 2.70. The molecule has 168 valence electrons. The van der Waals surface area contributed by atoms with Crippen LogP contribution in [0.3, 0.4) is 0 Å². The summed E-state index contributed by atoms with van der Waals surface area (Å²) in [6.07, 6.45) is 1.36. The number of nitro benzene ring substituents is 2. The predicted molar refractivity (Wildman–Crippen MR) is 119 cm³/mol. The zero-order chi connectivity index (χ0) is 23.8. The summed E-state index contributed by atoms with van der Waals surface area (Å²) in [5, 5.41) is 26.0. The Morgan fingerprint density at radius 1 is 1.00 bits per heavy atom. The Bertz CT molecular complexity index is 1230. The summed E-state index contributed by atoms with van der Waals surface area (Å²) in [5.41, 5.74) is 2.93. The Morgan fingerprint density at radius 3 is 2.48 bits per heavy atom. The van der Waals surface area contributed by atoms with Gasteiger partial charge in [-0.3, -0.25) is 25.0 Å². The SMILES string of the molecule is Cc1cccc(OCC(=O)N/N=C/c2cccc(Oc3ccc([N+](=O)[O-])cc3[N+](=O)[O-])c2)c1. The number of hydrogen-bond acceptors (Lipinski definition) is 8. The molecule has 3 rings (SSSR count). The third-order valence-corrected chi connectivity index (χ3v) is 4.20. The van der Waals surface area contributed by atoms with E-state index in [1.165, 1.54) is 12.3 Å². The van der Waals surface area contributed by atoms with Crippen LogP contribution in [0.2, 0.25) is 0 Å². The molecule has 3 aromatic carbocycles. The monoisotopic (exact) mass is 450 g/mol. The van der Waals surface area contributed by atoms with E-state index < -0.39 is 27.1 Å². The van der Waals surface area contributed by atoms with E-state index in [9.17, 15) is 25.0 Å². The summed E-state index contributed by atoms with van der Waals surface area (Å²) in [6, 6.07) is 16.8. The van der Waals surface area contributed by atoms with Gasteiger partial charge in [0.25, 0.3) is 11.6 Å². The lowest BCUT2D eigenvalue weighted by Gasteiger charge is -2.07. The van der Waals surface area contributed by atoms with Crippen molar-refractivity contribution >= 4 is 23.5 Å². The molecular weight excluding hydrogens is 432 g/mol. The molecule has 0 aliphatic carbocycles. The van der Waals surface area contributed by atoms with E-state index in [2.05, 4.69) is 10.5 Å². The average Bonchev–Trinajstić information content (AvgIpc) is 2.78. The van der Waals surface area contributed by atoms with Crippen molar-refractivity contribution in [3.63, 3.8) is 0 Å². The number of nitrogens with zero attached hydrogens (tertiary/aromatic N) is 3. The smallest absolute Gasteiger partial charge is 0.318 e. The van der Waals surface area contributed by atoms with Gasteiger partial charge in [0.2, 0.25) is 5.75 Å². The second-order valence-corrected chi connectivity index (χ2v) is 6.74. The number of hydrogen-bond donors (Lipinski definition) is 1. The third kappa shape index (κ3) is 6.59. The summed E-state index contributed by atoms with van der Waals surface area (Å²) < 4.78 is 10.9. The first kappa shape index (κ1) is 22.9. The van der Waals surface area contributed by atoms with Crippen LogP contribution >= 0.6 is 0 Å². The average molecular weight is 450 g/mol. The number of nitrogens with one attached hydrogen (secondary N) is 1. The predicted octanol–water partition coefficient (Wildman–Crippen LogP) is 4.13. The second-order valence-electron chi connectivity index (χ2n) is 6.74. The lowest BCUT2D eigenvalue weighted by atomic mass is 10.2. The normalized spacial score (nSPS) is 10.6. The molecule has 33 heavy (non-hydrogen) atoms. The van der Waals surface area contributed by atoms with Gasteiger partial charge in [0, 0.05) is 6.07 Å². The van der Waals surface area contributed by atoms with Gasteiger partial charge in [-0.2, -0.15) is 5.10 Å². The molecular formula is C22H18N4O7. The molecule has 11 nitrogen and oxygen atoms in total. The van der Waals surface area contributed by atoms with Gasteiger partial charge in [-0.1, -0.05) is 24.3 Å². The summed E-state index contributed by atoms with van der Waals surface area (Å²) in [5.74, 6) is 0.201. The van der Waals surface area contributed by atoms with Crippen LogP contribution < -0.4 is 14.9 Å². The number of aryl methyl sites for hydroxylation is 1. The number of non-ortho nitro benzene ring substituents is 1. The summed E-state index contributed by atoms with van der Waals surface area (Å²) in [7, 11) is 0. The molecule has 0 aliphatic heterocycles. The van der Waals surface area contributed by atoms with E-state index in [4.69, 9.17) is 9.47 Å². The number of nitro groups is 2. The molecule has 1 N–H and O–H groups in total. The fraction of sp³-hybridized carbons (Fsp3) is 0.0909. The second kappa shape index (κ2) is 10.5. The van der Waals surface area contributed by atoms with Gasteiger partial charge in [-0.15, -0.1) is 0 Å². The number of ether oxygens (including phenoxy) is 2. The van der Waals surface area contributed by atoms with Gasteiger partial charge in [-0.05, 0) is 48.4 Å². The quantitative estimate of drug-likeness (QED) is 0.293. The molecule has 0 heterocycles. The summed E-state index contributed by atoms with van der Waals surface area (Å²) in [6.45, 7) is 1.70. The zero-order valence-electron chi connectivity index (χ0n) is 17.3. The van der Waals surface area contributed by atoms with Crippen LogP contribution in [0.4, 0.5) is 11.4 Å². The van der Waals surface area contributed by atoms with Crippen molar-refractivity contribution in [2.45, 2.75) is 6.92 Å². The Hall–Kier alpha value is -4.80. The van der Waals surface area contributed by atoms with Crippen molar-refractivity contribution in [1.29, 1.82) is 0 Å². The highest BCUT2D eigenvalue weighted by atomic mass is 16.6. The van der Waals surface area contributed by atoms with Gasteiger partial charge < -0.3 is 9.47 Å². The summed E-state index contributed by atoms with van der Waals surface area (Å²) in [4.78, 5) is 32.5. The van der Waals surface area contributed by atoms with Crippen molar-refractivity contribution in [2.24, 2.45) is 5.10 Å². The van der Waals surface area contributed by atoms with Crippen molar-refractivity contribution in [3.05, 3.63) is 98.1 Å². The first-order valence-corrected chi connectivity index (χ1v) is 9.54. The van der Waals surface area contributed by atoms with Crippen LogP contribution in [0.5, 0.6) is 17.2 Å². The molecule has 11 heteroatoms. The molecule has 0 saturated carbocycles. The third-order valence-electron chi connectivity index (χ3n) is 4.20. The first-order valence-electron chi connectivity index (χ1n) is 9.54. The van der Waals surface area contributed by atoms with Gasteiger partial charge in [0.15, 0.2) is 6.61 Å². The van der Waals surface area contributed by atoms with E-state index in [-0.39, 0.29) is 18.1 Å².